The van der Waals surface area contributed by atoms with Gasteiger partial charge < -0.3 is 23.8 Å². The van der Waals surface area contributed by atoms with Crippen molar-refractivity contribution in [2.75, 3.05) is 37.9 Å². The lowest BCUT2D eigenvalue weighted by Crippen LogP contribution is -2.46. The summed E-state index contributed by atoms with van der Waals surface area (Å²) < 4.78 is 21.7. The summed E-state index contributed by atoms with van der Waals surface area (Å²) >= 11 is 0. The van der Waals surface area contributed by atoms with Crippen LogP contribution in [0.15, 0.2) is 42.0 Å². The smallest absolute Gasteiger partial charge is 0.348 e. The van der Waals surface area contributed by atoms with Crippen molar-refractivity contribution in [3.05, 3.63) is 63.2 Å². The van der Waals surface area contributed by atoms with Gasteiger partial charge in [0.15, 0.2) is 11.5 Å². The molecule has 3 heterocycles. The summed E-state index contributed by atoms with van der Waals surface area (Å²) in [7, 11) is 0. The van der Waals surface area contributed by atoms with Crippen LogP contribution in [-0.2, 0) is 25.6 Å². The number of hydrogen-bond donors (Lipinski definition) is 0. The van der Waals surface area contributed by atoms with Gasteiger partial charge in [0.25, 0.3) is 11.5 Å². The van der Waals surface area contributed by atoms with E-state index in [1.807, 2.05) is 23.1 Å². The van der Waals surface area contributed by atoms with Gasteiger partial charge in [0.1, 0.15) is 11.3 Å². The van der Waals surface area contributed by atoms with Crippen LogP contribution in [0, 0.1) is 10.1 Å². The number of piperazine rings is 1. The van der Waals surface area contributed by atoms with Gasteiger partial charge in [0.05, 0.1) is 4.92 Å². The Morgan fingerprint density at radius 2 is 1.63 bits per heavy atom. The van der Waals surface area contributed by atoms with Crippen LogP contribution >= 0.6 is 0 Å². The topological polar surface area (TPSA) is 121 Å². The van der Waals surface area contributed by atoms with Crippen LogP contribution < -0.4 is 14.4 Å². The normalized spacial score (nSPS) is 20.4. The fraction of sp³-hybridized carbons (Fsp3) is 0.407. The number of hydrogen-bond acceptors (Lipinski definition) is 10. The second kappa shape index (κ2) is 9.64. The number of nitro benzene ring substituents is 1. The molecule has 0 unspecified atom stereocenters. The number of nitro groups is 1. The van der Waals surface area contributed by atoms with E-state index in [1.165, 1.54) is 12.1 Å². The Kier molecular flexibility index (Phi) is 6.15. The van der Waals surface area contributed by atoms with Crippen molar-refractivity contribution in [3.63, 3.8) is 0 Å². The van der Waals surface area contributed by atoms with Crippen molar-refractivity contribution in [2.24, 2.45) is 0 Å². The number of ether oxygens (including phenoxy) is 4. The summed E-state index contributed by atoms with van der Waals surface area (Å²) in [5.41, 5.74) is 1.62. The number of esters is 2. The average molecular weight is 522 g/mol. The van der Waals surface area contributed by atoms with Crippen molar-refractivity contribution in [1.82, 2.24) is 4.90 Å². The van der Waals surface area contributed by atoms with Gasteiger partial charge in [-0.3, -0.25) is 15.0 Å². The summed E-state index contributed by atoms with van der Waals surface area (Å²) in [4.78, 5) is 40.9. The molecule has 38 heavy (non-hydrogen) atoms. The zero-order valence-corrected chi connectivity index (χ0v) is 20.7. The van der Waals surface area contributed by atoms with E-state index in [4.69, 9.17) is 18.9 Å². The molecule has 11 heteroatoms. The largest absolute Gasteiger partial charge is 0.454 e. The third kappa shape index (κ3) is 4.65. The molecule has 198 valence electrons. The predicted octanol–water partition coefficient (Wildman–Crippen LogP) is 3.40. The van der Waals surface area contributed by atoms with Crippen LogP contribution in [0.3, 0.4) is 0 Å². The molecule has 2 aromatic carbocycles. The Hall–Kier alpha value is -4.12. The van der Waals surface area contributed by atoms with Gasteiger partial charge in [-0.1, -0.05) is 12.1 Å². The molecular formula is C27H27N3O8. The van der Waals surface area contributed by atoms with Crippen LogP contribution in [0.2, 0.25) is 0 Å². The van der Waals surface area contributed by atoms with Crippen molar-refractivity contribution < 1.29 is 33.5 Å². The zero-order valence-electron chi connectivity index (χ0n) is 20.7. The number of carbonyl (C=O) groups excluding carboxylic acids is 2. The minimum absolute atomic E-state index is 0.0895. The second-order valence-electron chi connectivity index (χ2n) is 9.91. The quantitative estimate of drug-likeness (QED) is 0.190. The highest BCUT2D eigenvalue weighted by molar-refractivity contribution is 6.19. The first-order valence-electron chi connectivity index (χ1n) is 12.7. The van der Waals surface area contributed by atoms with Crippen LogP contribution in [-0.4, -0.2) is 60.5 Å². The van der Waals surface area contributed by atoms with Crippen LogP contribution in [0.5, 0.6) is 11.5 Å². The number of rotatable bonds is 5. The molecular weight excluding hydrogens is 494 g/mol. The van der Waals surface area contributed by atoms with Crippen molar-refractivity contribution in [1.29, 1.82) is 0 Å². The Morgan fingerprint density at radius 3 is 2.34 bits per heavy atom. The van der Waals surface area contributed by atoms with E-state index in [1.54, 1.807) is 12.1 Å². The lowest BCUT2D eigenvalue weighted by Gasteiger charge is -2.36. The number of anilines is 1. The standard InChI is InChI=1S/C27H27N3O8/c31-25-20(26(32)38-27(37-25)7-1-2-8-27)13-18-3-5-21(22(14-18)30(33)34)29-11-9-28(10-12-29)16-19-4-6-23-24(15-19)36-17-35-23/h3-6,13-15H,1-2,7-12,16-17H2. The first-order chi connectivity index (χ1) is 18.4. The number of benzene rings is 2. The van der Waals surface area contributed by atoms with Gasteiger partial charge in [0, 0.05) is 51.6 Å². The van der Waals surface area contributed by atoms with Gasteiger partial charge in [-0.25, -0.2) is 9.59 Å². The highest BCUT2D eigenvalue weighted by Gasteiger charge is 2.48. The third-order valence-corrected chi connectivity index (χ3v) is 7.43. The summed E-state index contributed by atoms with van der Waals surface area (Å²) in [6.07, 6.45) is 3.91. The number of nitrogens with zero attached hydrogens (tertiary/aromatic N) is 3. The summed E-state index contributed by atoms with van der Waals surface area (Å²) in [6.45, 7) is 3.68. The molecule has 0 aromatic heterocycles. The van der Waals surface area contributed by atoms with Gasteiger partial charge in [-0.2, -0.15) is 0 Å². The van der Waals surface area contributed by atoms with E-state index < -0.39 is 22.6 Å². The average Bonchev–Trinajstić information content (AvgIpc) is 3.56. The molecule has 0 N–H and O–H groups in total. The van der Waals surface area contributed by atoms with Gasteiger partial charge in [-0.15, -0.1) is 0 Å². The molecule has 3 fully saturated rings. The summed E-state index contributed by atoms with van der Waals surface area (Å²) in [5, 5.41) is 11.9. The lowest BCUT2D eigenvalue weighted by molar-refractivity contribution is -0.384. The SMILES string of the molecule is O=C1OC2(CCCC2)OC(=O)C1=Cc1ccc(N2CCN(Cc3ccc4c(c3)OCO4)CC2)c([N+](=O)[O-])c1. The maximum Gasteiger partial charge on any atom is 0.348 e. The second-order valence-corrected chi connectivity index (χ2v) is 9.91. The molecule has 4 aliphatic rings. The monoisotopic (exact) mass is 521 g/mol. The van der Waals surface area contributed by atoms with Crippen LogP contribution in [0.4, 0.5) is 11.4 Å². The number of carbonyl (C=O) groups is 2. The summed E-state index contributed by atoms with van der Waals surface area (Å²) in [5.74, 6) is -1.17. The fourth-order valence-corrected chi connectivity index (χ4v) is 5.44. The highest BCUT2D eigenvalue weighted by Crippen LogP contribution is 2.39. The Bertz CT molecular complexity index is 1300. The maximum atomic E-state index is 12.6. The molecule has 2 aromatic rings. The van der Waals surface area contributed by atoms with Crippen molar-refractivity contribution in [3.8, 4) is 11.5 Å². The Balaban J connectivity index is 1.14. The van der Waals surface area contributed by atoms with Crippen LogP contribution in [0.1, 0.15) is 36.8 Å². The molecule has 1 saturated carbocycles. The van der Waals surface area contributed by atoms with E-state index in [0.29, 0.717) is 37.2 Å². The predicted molar refractivity (Wildman–Crippen MR) is 135 cm³/mol. The van der Waals surface area contributed by atoms with E-state index >= 15 is 0 Å². The zero-order chi connectivity index (χ0) is 26.3. The van der Waals surface area contributed by atoms with E-state index in [-0.39, 0.29) is 18.1 Å². The maximum absolute atomic E-state index is 12.6. The van der Waals surface area contributed by atoms with Gasteiger partial charge >= 0.3 is 11.9 Å². The molecule has 0 atom stereocenters. The third-order valence-electron chi connectivity index (χ3n) is 7.43. The molecule has 11 nitrogen and oxygen atoms in total. The first kappa shape index (κ1) is 24.2. The van der Waals surface area contributed by atoms with Gasteiger partial charge in [0.2, 0.25) is 6.79 Å². The fourth-order valence-electron chi connectivity index (χ4n) is 5.44. The Morgan fingerprint density at radius 1 is 0.921 bits per heavy atom. The molecule has 1 spiro atoms. The Labute approximate surface area is 218 Å². The van der Waals surface area contributed by atoms with E-state index in [2.05, 4.69) is 4.90 Å². The van der Waals surface area contributed by atoms with E-state index in [0.717, 1.165) is 49.5 Å². The molecule has 0 radical (unpaired) electrons. The minimum Gasteiger partial charge on any atom is -0.454 e. The molecule has 0 bridgehead atoms. The molecule has 6 rings (SSSR count). The molecule has 3 aliphatic heterocycles. The minimum atomic E-state index is -1.16. The molecule has 1 aliphatic carbocycles. The van der Waals surface area contributed by atoms with Gasteiger partial charge in [-0.05, 0) is 48.2 Å². The first-order valence-corrected chi connectivity index (χ1v) is 12.7. The molecule has 2 saturated heterocycles. The van der Waals surface area contributed by atoms with Crippen molar-refractivity contribution in [2.45, 2.75) is 38.0 Å². The lowest BCUT2D eigenvalue weighted by atomic mass is 10.1. The van der Waals surface area contributed by atoms with Crippen molar-refractivity contribution >= 4 is 29.4 Å². The molecule has 0 amide bonds. The summed E-state index contributed by atoms with van der Waals surface area (Å²) in [6, 6.07) is 10.6. The highest BCUT2D eigenvalue weighted by atomic mass is 16.7. The van der Waals surface area contributed by atoms with E-state index in [9.17, 15) is 19.7 Å². The van der Waals surface area contributed by atoms with Crippen LogP contribution in [0.25, 0.3) is 6.08 Å². The number of fused-ring (bicyclic) bond motifs is 1.